The van der Waals surface area contributed by atoms with Gasteiger partial charge in [-0.1, -0.05) is 0 Å². The van der Waals surface area contributed by atoms with Crippen LogP contribution in [-0.2, 0) is 11.3 Å². The summed E-state index contributed by atoms with van der Waals surface area (Å²) >= 11 is 0. The van der Waals surface area contributed by atoms with Crippen LogP contribution in [0.3, 0.4) is 0 Å². The van der Waals surface area contributed by atoms with Gasteiger partial charge in [-0.15, -0.1) is 0 Å². The topological polar surface area (TPSA) is 76.2 Å². The van der Waals surface area contributed by atoms with E-state index >= 15 is 0 Å². The highest BCUT2D eigenvalue weighted by molar-refractivity contribution is 5.78. The molecule has 7 nitrogen and oxygen atoms in total. The Kier molecular flexibility index (Phi) is 6.77. The van der Waals surface area contributed by atoms with E-state index in [-0.39, 0.29) is 35.0 Å². The molecule has 162 valence electrons. The van der Waals surface area contributed by atoms with Crippen molar-refractivity contribution in [2.45, 2.75) is 32.9 Å². The Bertz CT molecular complexity index is 913. The summed E-state index contributed by atoms with van der Waals surface area (Å²) in [5.74, 6) is 0.0745. The number of piperazine rings is 1. The van der Waals surface area contributed by atoms with Crippen LogP contribution in [0, 0.1) is 5.82 Å². The second-order valence-corrected chi connectivity index (χ2v) is 8.55. The first-order valence-corrected chi connectivity index (χ1v) is 10.1. The van der Waals surface area contributed by atoms with E-state index in [1.165, 1.54) is 29.4 Å². The first-order chi connectivity index (χ1) is 14.2. The van der Waals surface area contributed by atoms with Crippen LogP contribution in [0.1, 0.15) is 26.5 Å². The summed E-state index contributed by atoms with van der Waals surface area (Å²) in [6.45, 7) is 9.42. The molecule has 0 radical (unpaired) electrons. The van der Waals surface area contributed by atoms with Gasteiger partial charge in [0.15, 0.2) is 12.4 Å². The molecule has 1 amide bonds. The molecule has 30 heavy (non-hydrogen) atoms. The molecule has 0 spiro atoms. The maximum atomic E-state index is 13.1. The molecular weight excluding hydrogens is 389 g/mol. The number of nitrogens with one attached hydrogen (secondary N) is 2. The zero-order chi connectivity index (χ0) is 21.7. The summed E-state index contributed by atoms with van der Waals surface area (Å²) in [7, 11) is 0. The second kappa shape index (κ2) is 9.30. The zero-order valence-electron chi connectivity index (χ0n) is 17.7. The number of benzene rings is 1. The fourth-order valence-corrected chi connectivity index (χ4v) is 3.39. The number of carbonyl (C=O) groups is 1. The molecule has 1 aromatic heterocycles. The molecule has 8 heteroatoms. The third kappa shape index (κ3) is 6.32. The van der Waals surface area contributed by atoms with Gasteiger partial charge in [0.1, 0.15) is 18.6 Å². The Hall–Kier alpha value is -2.87. The Morgan fingerprint density at radius 2 is 1.90 bits per heavy atom. The van der Waals surface area contributed by atoms with E-state index in [0.717, 1.165) is 31.9 Å². The largest absolute Gasteiger partial charge is 0.477 e. The fraction of sp³-hybridized carbons (Fsp3) is 0.455. The molecule has 2 N–H and O–H groups in total. The Labute approximate surface area is 175 Å². The lowest BCUT2D eigenvalue weighted by Crippen LogP contribution is -3.13. The molecule has 0 aliphatic carbocycles. The molecular formula is C22H29FN3O4+. The highest BCUT2D eigenvalue weighted by Gasteiger charge is 2.22. The van der Waals surface area contributed by atoms with Crippen LogP contribution in [0.25, 0.3) is 0 Å². The van der Waals surface area contributed by atoms with Gasteiger partial charge in [0.2, 0.25) is 11.2 Å². The normalized spacial score (nSPS) is 15.1. The van der Waals surface area contributed by atoms with Gasteiger partial charge in [-0.25, -0.2) is 4.39 Å². The second-order valence-electron chi connectivity index (χ2n) is 8.55. The van der Waals surface area contributed by atoms with Gasteiger partial charge in [0, 0.05) is 17.3 Å². The molecule has 0 bridgehead atoms. The van der Waals surface area contributed by atoms with Gasteiger partial charge < -0.3 is 24.3 Å². The van der Waals surface area contributed by atoms with Crippen LogP contribution in [-0.4, -0.2) is 44.2 Å². The minimum Gasteiger partial charge on any atom is -0.477 e. The third-order valence-corrected chi connectivity index (χ3v) is 4.81. The molecule has 0 atom stereocenters. The summed E-state index contributed by atoms with van der Waals surface area (Å²) in [4.78, 5) is 27.6. The number of hydrogen-bond acceptors (Lipinski definition) is 5. The van der Waals surface area contributed by atoms with Crippen molar-refractivity contribution in [1.82, 2.24) is 5.32 Å². The number of halogens is 1. The minimum atomic E-state index is -0.363. The monoisotopic (exact) mass is 418 g/mol. The summed E-state index contributed by atoms with van der Waals surface area (Å²) in [5.41, 5.74) is 0.349. The molecule has 0 unspecified atom stereocenters. The highest BCUT2D eigenvalue weighted by atomic mass is 19.1. The fourth-order valence-electron chi connectivity index (χ4n) is 3.39. The molecule has 1 saturated heterocycles. The van der Waals surface area contributed by atoms with E-state index in [9.17, 15) is 14.0 Å². The Balaban J connectivity index is 1.49. The molecule has 2 aromatic rings. The number of carbonyl (C=O) groups excluding carboxylic acids is 1. The molecule has 1 fully saturated rings. The first kappa shape index (κ1) is 21.8. The third-order valence-electron chi connectivity index (χ3n) is 4.81. The van der Waals surface area contributed by atoms with Crippen molar-refractivity contribution >= 4 is 11.6 Å². The van der Waals surface area contributed by atoms with Crippen molar-refractivity contribution in [1.29, 1.82) is 0 Å². The van der Waals surface area contributed by atoms with Gasteiger partial charge in [0.25, 0.3) is 5.91 Å². The maximum Gasteiger partial charge on any atom is 0.258 e. The predicted octanol–water partition coefficient (Wildman–Crippen LogP) is 0.978. The number of quaternary nitrogens is 1. The lowest BCUT2D eigenvalue weighted by molar-refractivity contribution is -0.915. The standard InChI is InChI=1S/C22H28FN3O4/c1-22(2,3)24-21(28)15-30-20-14-29-18(12-19(20)27)13-25-8-10-26(11-9-25)17-6-4-16(23)5-7-17/h4-7,12,14H,8-11,13,15H2,1-3H3,(H,24,28)/p+1. The van der Waals surface area contributed by atoms with Crippen molar-refractivity contribution in [3.63, 3.8) is 0 Å². The summed E-state index contributed by atoms with van der Waals surface area (Å²) in [5, 5.41) is 2.77. The average molecular weight is 418 g/mol. The highest BCUT2D eigenvalue weighted by Crippen LogP contribution is 2.14. The van der Waals surface area contributed by atoms with Crippen molar-refractivity contribution in [3.8, 4) is 5.75 Å². The average Bonchev–Trinajstić information content (AvgIpc) is 2.67. The Morgan fingerprint density at radius 1 is 1.23 bits per heavy atom. The van der Waals surface area contributed by atoms with E-state index in [1.807, 2.05) is 20.8 Å². The number of ether oxygens (including phenoxy) is 1. The number of rotatable bonds is 6. The van der Waals surface area contributed by atoms with E-state index < -0.39 is 0 Å². The first-order valence-electron chi connectivity index (χ1n) is 10.1. The van der Waals surface area contributed by atoms with Crippen LogP contribution >= 0.6 is 0 Å². The van der Waals surface area contributed by atoms with Gasteiger partial charge in [-0.05, 0) is 45.0 Å². The maximum absolute atomic E-state index is 13.1. The van der Waals surface area contributed by atoms with Crippen LogP contribution in [0.2, 0.25) is 0 Å². The van der Waals surface area contributed by atoms with Crippen LogP contribution in [0.4, 0.5) is 10.1 Å². The number of hydrogen-bond donors (Lipinski definition) is 2. The number of amides is 1. The molecule has 3 rings (SSSR count). The van der Waals surface area contributed by atoms with Gasteiger partial charge in [-0.2, -0.15) is 0 Å². The van der Waals surface area contributed by atoms with Crippen LogP contribution in [0.15, 0.2) is 45.8 Å². The van der Waals surface area contributed by atoms with E-state index in [4.69, 9.17) is 9.15 Å². The van der Waals surface area contributed by atoms with Crippen LogP contribution < -0.4 is 25.3 Å². The molecule has 0 saturated carbocycles. The number of anilines is 1. The van der Waals surface area contributed by atoms with E-state index in [1.54, 1.807) is 12.1 Å². The van der Waals surface area contributed by atoms with Gasteiger partial charge in [-0.3, -0.25) is 9.59 Å². The van der Waals surface area contributed by atoms with E-state index in [2.05, 4.69) is 10.2 Å². The minimum absolute atomic E-state index is 0.0268. The molecule has 1 aliphatic heterocycles. The van der Waals surface area contributed by atoms with Crippen molar-refractivity contribution in [3.05, 3.63) is 58.4 Å². The lowest BCUT2D eigenvalue weighted by atomic mass is 10.1. The quantitative estimate of drug-likeness (QED) is 0.732. The molecule has 1 aromatic carbocycles. The summed E-state index contributed by atoms with van der Waals surface area (Å²) < 4.78 is 24.0. The van der Waals surface area contributed by atoms with Crippen molar-refractivity contribution in [2.75, 3.05) is 37.7 Å². The predicted molar refractivity (Wildman–Crippen MR) is 111 cm³/mol. The Morgan fingerprint density at radius 3 is 2.50 bits per heavy atom. The van der Waals surface area contributed by atoms with E-state index in [0.29, 0.717) is 12.3 Å². The SMILES string of the molecule is CC(C)(C)NC(=O)COc1coc(C[NH+]2CCN(c3ccc(F)cc3)CC2)cc1=O. The summed E-state index contributed by atoms with van der Waals surface area (Å²) in [6.07, 6.45) is 1.27. The van der Waals surface area contributed by atoms with Gasteiger partial charge in [0.05, 0.1) is 26.2 Å². The zero-order valence-corrected chi connectivity index (χ0v) is 17.7. The van der Waals surface area contributed by atoms with Crippen molar-refractivity contribution in [2.24, 2.45) is 0 Å². The lowest BCUT2D eigenvalue weighted by Gasteiger charge is -2.33. The number of nitrogens with zero attached hydrogens (tertiary/aromatic N) is 1. The molecule has 2 heterocycles. The van der Waals surface area contributed by atoms with Crippen LogP contribution in [0.5, 0.6) is 5.75 Å². The van der Waals surface area contributed by atoms with Crippen molar-refractivity contribution < 1.29 is 23.2 Å². The molecule has 1 aliphatic rings. The van der Waals surface area contributed by atoms with Gasteiger partial charge >= 0.3 is 0 Å². The summed E-state index contributed by atoms with van der Waals surface area (Å²) in [6, 6.07) is 7.95. The smallest absolute Gasteiger partial charge is 0.258 e.